The van der Waals surface area contributed by atoms with Crippen LogP contribution in [-0.4, -0.2) is 31.9 Å². The lowest BCUT2D eigenvalue weighted by molar-refractivity contribution is -0.0429. The zero-order valence-electron chi connectivity index (χ0n) is 19.4. The third-order valence-corrected chi connectivity index (χ3v) is 6.96. The first-order chi connectivity index (χ1) is 17.6. The molecular weight excluding hydrogens is 507 g/mol. The molecule has 7 nitrogen and oxygen atoms in total. The van der Waals surface area contributed by atoms with Gasteiger partial charge in [-0.2, -0.15) is 21.6 Å². The molecule has 0 saturated heterocycles. The lowest BCUT2D eigenvalue weighted by Gasteiger charge is -2.31. The van der Waals surface area contributed by atoms with Gasteiger partial charge in [-0.3, -0.25) is 4.72 Å². The first-order valence-electron chi connectivity index (χ1n) is 11.2. The molecule has 3 aromatic rings. The monoisotopic (exact) mass is 531 g/mol. The fourth-order valence-corrected chi connectivity index (χ4v) is 4.64. The first-order valence-corrected chi connectivity index (χ1v) is 12.7. The molecule has 1 aliphatic heterocycles. The molecule has 0 unspecified atom stereocenters. The van der Waals surface area contributed by atoms with E-state index in [-0.39, 0.29) is 23.8 Å². The molecule has 194 valence electrons. The summed E-state index contributed by atoms with van der Waals surface area (Å²) in [5.41, 5.74) is -2.99. The maximum atomic E-state index is 12.9. The van der Waals surface area contributed by atoms with Gasteiger partial charge < -0.3 is 20.6 Å². The standard InChI is InChI=1S/C26H24F3N3O4S/c27-26(28,29)37(34,35)32-23-9-5-4-8-21(23)17-10-11-22-24(15-17)36-16-18(25(22)33)14-20(12-13-30)31-19-6-2-1-3-7-19/h1-13,15,18,25,30-33H,14,16H2/b20-12-,30-13?/t18-,25+/m1/s1. The van der Waals surface area contributed by atoms with E-state index in [9.17, 15) is 26.7 Å². The van der Waals surface area contributed by atoms with E-state index in [1.54, 1.807) is 35.1 Å². The molecule has 0 spiro atoms. The summed E-state index contributed by atoms with van der Waals surface area (Å²) in [6.07, 6.45) is 2.27. The number of ether oxygens (including phenoxy) is 1. The van der Waals surface area contributed by atoms with Crippen molar-refractivity contribution in [2.45, 2.75) is 18.0 Å². The van der Waals surface area contributed by atoms with Gasteiger partial charge in [0.2, 0.25) is 0 Å². The third-order valence-electron chi connectivity index (χ3n) is 5.86. The maximum Gasteiger partial charge on any atom is 0.516 e. The molecule has 0 amide bonds. The van der Waals surface area contributed by atoms with E-state index in [4.69, 9.17) is 10.1 Å². The van der Waals surface area contributed by atoms with Gasteiger partial charge in [0.15, 0.2) is 0 Å². The summed E-state index contributed by atoms with van der Waals surface area (Å²) in [7, 11) is -5.60. The number of aliphatic hydroxyl groups is 1. The topological polar surface area (TPSA) is 112 Å². The highest BCUT2D eigenvalue weighted by Crippen LogP contribution is 2.41. The molecule has 37 heavy (non-hydrogen) atoms. The van der Waals surface area contributed by atoms with Crippen molar-refractivity contribution < 1.29 is 31.4 Å². The average molecular weight is 532 g/mol. The van der Waals surface area contributed by atoms with Crippen LogP contribution in [0.25, 0.3) is 11.1 Å². The number of sulfonamides is 1. The second-order valence-corrected chi connectivity index (χ2v) is 10.1. The summed E-state index contributed by atoms with van der Waals surface area (Å²) in [6, 6.07) is 19.9. The molecular formula is C26H24F3N3O4S. The van der Waals surface area contributed by atoms with Gasteiger partial charge in [0.25, 0.3) is 0 Å². The molecule has 0 aliphatic carbocycles. The molecule has 4 N–H and O–H groups in total. The number of rotatable bonds is 8. The van der Waals surface area contributed by atoms with Crippen molar-refractivity contribution in [1.29, 1.82) is 5.41 Å². The molecule has 2 atom stereocenters. The Morgan fingerprint density at radius 2 is 1.78 bits per heavy atom. The van der Waals surface area contributed by atoms with Gasteiger partial charge in [-0.05, 0) is 42.3 Å². The maximum absolute atomic E-state index is 12.9. The number of anilines is 2. The van der Waals surface area contributed by atoms with Crippen molar-refractivity contribution in [3.05, 3.63) is 90.1 Å². The highest BCUT2D eigenvalue weighted by atomic mass is 32.2. The highest BCUT2D eigenvalue weighted by molar-refractivity contribution is 7.93. The largest absolute Gasteiger partial charge is 0.516 e. The Morgan fingerprint density at radius 3 is 2.49 bits per heavy atom. The quantitative estimate of drug-likeness (QED) is 0.279. The third kappa shape index (κ3) is 5.95. The number of halogens is 3. The molecule has 0 radical (unpaired) electrons. The number of aliphatic hydroxyl groups excluding tert-OH is 1. The van der Waals surface area contributed by atoms with Crippen molar-refractivity contribution in [2.75, 3.05) is 16.6 Å². The van der Waals surface area contributed by atoms with Crippen LogP contribution in [0.15, 0.2) is 84.6 Å². The Bertz CT molecular complexity index is 1410. The minimum Gasteiger partial charge on any atom is -0.493 e. The van der Waals surface area contributed by atoms with Crippen LogP contribution >= 0.6 is 0 Å². The lowest BCUT2D eigenvalue weighted by Crippen LogP contribution is -2.30. The average Bonchev–Trinajstić information content (AvgIpc) is 2.86. The van der Waals surface area contributed by atoms with E-state index in [2.05, 4.69) is 5.32 Å². The van der Waals surface area contributed by atoms with E-state index in [0.717, 1.165) is 17.6 Å². The number of para-hydroxylation sites is 2. The fourth-order valence-electron chi connectivity index (χ4n) is 4.06. The van der Waals surface area contributed by atoms with Gasteiger partial charge in [0.1, 0.15) is 5.75 Å². The molecule has 3 aromatic carbocycles. The number of allylic oxidation sites excluding steroid dienone is 2. The van der Waals surface area contributed by atoms with Crippen LogP contribution in [0.3, 0.4) is 0 Å². The van der Waals surface area contributed by atoms with Crippen molar-refractivity contribution in [2.24, 2.45) is 5.92 Å². The molecule has 1 heterocycles. The van der Waals surface area contributed by atoms with Gasteiger partial charge in [0.05, 0.1) is 18.4 Å². The number of alkyl halides is 3. The van der Waals surface area contributed by atoms with Crippen molar-refractivity contribution in [1.82, 2.24) is 0 Å². The number of fused-ring (bicyclic) bond motifs is 1. The molecule has 0 aromatic heterocycles. The zero-order valence-corrected chi connectivity index (χ0v) is 20.2. The molecule has 0 fully saturated rings. The van der Waals surface area contributed by atoms with E-state index >= 15 is 0 Å². The second kappa shape index (κ2) is 10.7. The smallest absolute Gasteiger partial charge is 0.493 e. The number of hydrogen-bond donors (Lipinski definition) is 4. The van der Waals surface area contributed by atoms with Gasteiger partial charge in [-0.25, -0.2) is 0 Å². The van der Waals surface area contributed by atoms with Crippen LogP contribution in [0.4, 0.5) is 24.5 Å². The minimum absolute atomic E-state index is 0.159. The summed E-state index contributed by atoms with van der Waals surface area (Å²) >= 11 is 0. The summed E-state index contributed by atoms with van der Waals surface area (Å²) in [4.78, 5) is 0. The van der Waals surface area contributed by atoms with Crippen LogP contribution < -0.4 is 14.8 Å². The van der Waals surface area contributed by atoms with Crippen LogP contribution in [0.2, 0.25) is 0 Å². The number of nitrogens with one attached hydrogen (secondary N) is 3. The number of benzene rings is 3. The molecule has 0 saturated carbocycles. The van der Waals surface area contributed by atoms with Crippen molar-refractivity contribution >= 4 is 27.6 Å². The minimum atomic E-state index is -5.60. The zero-order chi connectivity index (χ0) is 26.6. The van der Waals surface area contributed by atoms with Crippen LogP contribution in [0.5, 0.6) is 5.75 Å². The fraction of sp³-hybridized carbons (Fsp3) is 0.192. The normalized spacial score (nSPS) is 17.9. The SMILES string of the molecule is N=C/C=C(/C[C@@H]1COc2cc(-c3ccccc3NS(=O)(=O)C(F)(F)F)ccc2[C@H]1O)Nc1ccccc1. The van der Waals surface area contributed by atoms with E-state index in [0.29, 0.717) is 23.3 Å². The van der Waals surface area contributed by atoms with E-state index in [1.807, 2.05) is 30.3 Å². The summed E-state index contributed by atoms with van der Waals surface area (Å²) in [5, 5.41) is 21.8. The van der Waals surface area contributed by atoms with Crippen molar-refractivity contribution in [3.8, 4) is 16.9 Å². The van der Waals surface area contributed by atoms with Gasteiger partial charge in [-0.1, -0.05) is 48.5 Å². The molecule has 4 rings (SSSR count). The Morgan fingerprint density at radius 1 is 1.08 bits per heavy atom. The first kappa shape index (κ1) is 26.2. The van der Waals surface area contributed by atoms with Gasteiger partial charge in [0, 0.05) is 34.6 Å². The second-order valence-electron chi connectivity index (χ2n) is 8.42. The molecule has 1 aliphatic rings. The predicted molar refractivity (Wildman–Crippen MR) is 136 cm³/mol. The predicted octanol–water partition coefficient (Wildman–Crippen LogP) is 5.69. The summed E-state index contributed by atoms with van der Waals surface area (Å²) < 4.78 is 69.5. The van der Waals surface area contributed by atoms with E-state index in [1.165, 1.54) is 18.2 Å². The Kier molecular flexibility index (Phi) is 7.55. The van der Waals surface area contributed by atoms with Crippen LogP contribution in [0.1, 0.15) is 18.1 Å². The Labute approximate surface area is 212 Å². The highest BCUT2D eigenvalue weighted by Gasteiger charge is 2.46. The lowest BCUT2D eigenvalue weighted by atomic mass is 9.88. The van der Waals surface area contributed by atoms with E-state index < -0.39 is 21.6 Å². The van der Waals surface area contributed by atoms with Crippen molar-refractivity contribution in [3.63, 3.8) is 0 Å². The summed E-state index contributed by atoms with van der Waals surface area (Å²) in [6.45, 7) is 0.159. The van der Waals surface area contributed by atoms with Crippen LogP contribution in [0, 0.1) is 11.3 Å². The molecule has 11 heteroatoms. The van der Waals surface area contributed by atoms with Crippen LogP contribution in [-0.2, 0) is 10.0 Å². The summed E-state index contributed by atoms with van der Waals surface area (Å²) in [5.74, 6) is 0.0231. The molecule has 0 bridgehead atoms. The Hall–Kier alpha value is -3.83. The van der Waals surface area contributed by atoms with Gasteiger partial charge in [-0.15, -0.1) is 0 Å². The Balaban J connectivity index is 1.56. The number of hydrogen-bond acceptors (Lipinski definition) is 6. The van der Waals surface area contributed by atoms with Gasteiger partial charge >= 0.3 is 15.5 Å².